The number of nitrogens with zero attached hydrogens (tertiary/aromatic N) is 2. The molecule has 5 nitrogen and oxygen atoms in total. The van der Waals surface area contributed by atoms with E-state index in [0.717, 1.165) is 5.56 Å². The number of hydrogen-bond acceptors (Lipinski definition) is 5. The molecular weight excluding hydrogens is 236 g/mol. The van der Waals surface area contributed by atoms with Crippen molar-refractivity contribution in [2.45, 2.75) is 6.54 Å². The third kappa shape index (κ3) is 3.01. The summed E-state index contributed by atoms with van der Waals surface area (Å²) in [6, 6.07) is 9.73. The summed E-state index contributed by atoms with van der Waals surface area (Å²) in [5.41, 5.74) is 1.05. The minimum absolute atomic E-state index is 0.201. The maximum Gasteiger partial charge on any atom is 0.282 e. The summed E-state index contributed by atoms with van der Waals surface area (Å²) in [5, 5.41) is 14.2. The zero-order valence-electron chi connectivity index (χ0n) is 9.30. The second kappa shape index (κ2) is 5.40. The van der Waals surface area contributed by atoms with E-state index in [-0.39, 0.29) is 5.91 Å². The van der Waals surface area contributed by atoms with Crippen molar-refractivity contribution in [2.75, 3.05) is 12.4 Å². The first-order chi connectivity index (χ1) is 8.29. The Labute approximate surface area is 103 Å². The molecule has 0 fully saturated rings. The second-order valence-electron chi connectivity index (χ2n) is 3.33. The second-order valence-corrected chi connectivity index (χ2v) is 4.31. The highest BCUT2D eigenvalue weighted by Gasteiger charge is 2.11. The predicted octanol–water partition coefficient (Wildman–Crippen LogP) is 1.51. The van der Waals surface area contributed by atoms with Crippen molar-refractivity contribution in [1.29, 1.82) is 0 Å². The average molecular weight is 248 g/mol. The molecule has 2 aromatic rings. The molecule has 0 spiro atoms. The maximum atomic E-state index is 11.7. The average Bonchev–Trinajstić information content (AvgIpc) is 2.86. The summed E-state index contributed by atoms with van der Waals surface area (Å²) in [6.45, 7) is 0.494. The molecule has 1 amide bonds. The van der Waals surface area contributed by atoms with Gasteiger partial charge in [-0.15, -0.1) is 10.2 Å². The van der Waals surface area contributed by atoms with Crippen LogP contribution in [0.15, 0.2) is 30.3 Å². The molecule has 0 radical (unpaired) electrons. The molecule has 1 heterocycles. The summed E-state index contributed by atoms with van der Waals surface area (Å²) >= 11 is 1.23. The normalized spacial score (nSPS) is 9.94. The molecule has 2 rings (SSSR count). The lowest BCUT2D eigenvalue weighted by atomic mass is 10.2. The molecule has 1 aromatic carbocycles. The Morgan fingerprint density at radius 3 is 2.71 bits per heavy atom. The number of rotatable bonds is 4. The van der Waals surface area contributed by atoms with Gasteiger partial charge in [0.2, 0.25) is 10.1 Å². The van der Waals surface area contributed by atoms with Crippen LogP contribution in [0.3, 0.4) is 0 Å². The minimum atomic E-state index is -0.201. The number of carbonyl (C=O) groups is 1. The minimum Gasteiger partial charge on any atom is -0.363 e. The van der Waals surface area contributed by atoms with E-state index < -0.39 is 0 Å². The van der Waals surface area contributed by atoms with Crippen LogP contribution in [-0.2, 0) is 6.54 Å². The van der Waals surface area contributed by atoms with Gasteiger partial charge in [-0.3, -0.25) is 4.79 Å². The van der Waals surface area contributed by atoms with Crippen LogP contribution in [0.5, 0.6) is 0 Å². The summed E-state index contributed by atoms with van der Waals surface area (Å²) < 4.78 is 0. The molecule has 2 N–H and O–H groups in total. The fraction of sp³-hybridized carbons (Fsp3) is 0.182. The molecular formula is C11H12N4OS. The van der Waals surface area contributed by atoms with Gasteiger partial charge in [-0.1, -0.05) is 41.7 Å². The molecule has 0 atom stereocenters. The molecule has 0 saturated heterocycles. The van der Waals surface area contributed by atoms with Crippen LogP contribution in [0, 0.1) is 0 Å². The van der Waals surface area contributed by atoms with Crippen molar-refractivity contribution in [3.63, 3.8) is 0 Å². The van der Waals surface area contributed by atoms with Gasteiger partial charge in [0, 0.05) is 13.6 Å². The first-order valence-electron chi connectivity index (χ1n) is 5.13. The van der Waals surface area contributed by atoms with Crippen molar-refractivity contribution >= 4 is 22.4 Å². The molecule has 17 heavy (non-hydrogen) atoms. The van der Waals surface area contributed by atoms with Crippen molar-refractivity contribution in [3.05, 3.63) is 40.9 Å². The fourth-order valence-corrected chi connectivity index (χ4v) is 1.88. The van der Waals surface area contributed by atoms with E-state index >= 15 is 0 Å². The molecule has 0 aliphatic rings. The predicted molar refractivity (Wildman–Crippen MR) is 67.1 cm³/mol. The van der Waals surface area contributed by atoms with Crippen molar-refractivity contribution in [2.24, 2.45) is 0 Å². The SMILES string of the molecule is CNc1nnc(C(=O)NCc2ccccc2)s1. The van der Waals surface area contributed by atoms with Gasteiger partial charge in [-0.25, -0.2) is 0 Å². The lowest BCUT2D eigenvalue weighted by molar-refractivity contribution is 0.0950. The number of nitrogens with one attached hydrogen (secondary N) is 2. The Kier molecular flexibility index (Phi) is 3.66. The van der Waals surface area contributed by atoms with Gasteiger partial charge in [0.05, 0.1) is 0 Å². The Morgan fingerprint density at radius 2 is 2.06 bits per heavy atom. The quantitative estimate of drug-likeness (QED) is 0.860. The highest BCUT2D eigenvalue weighted by atomic mass is 32.1. The van der Waals surface area contributed by atoms with Crippen LogP contribution >= 0.6 is 11.3 Å². The summed E-state index contributed by atoms with van der Waals surface area (Å²) in [6.07, 6.45) is 0. The van der Waals surface area contributed by atoms with Crippen LogP contribution in [0.2, 0.25) is 0 Å². The highest BCUT2D eigenvalue weighted by Crippen LogP contribution is 2.13. The van der Waals surface area contributed by atoms with Crippen molar-refractivity contribution < 1.29 is 4.79 Å². The zero-order chi connectivity index (χ0) is 12.1. The molecule has 0 bridgehead atoms. The lowest BCUT2D eigenvalue weighted by Crippen LogP contribution is -2.22. The van der Waals surface area contributed by atoms with Crippen LogP contribution in [0.1, 0.15) is 15.4 Å². The molecule has 88 valence electrons. The van der Waals surface area contributed by atoms with E-state index in [0.29, 0.717) is 16.7 Å². The number of carbonyl (C=O) groups excluding carboxylic acids is 1. The summed E-state index contributed by atoms with van der Waals surface area (Å²) in [7, 11) is 1.74. The van der Waals surface area contributed by atoms with Crippen molar-refractivity contribution in [1.82, 2.24) is 15.5 Å². The van der Waals surface area contributed by atoms with E-state index in [1.165, 1.54) is 11.3 Å². The van der Waals surface area contributed by atoms with Crippen LogP contribution in [-0.4, -0.2) is 23.2 Å². The third-order valence-corrected chi connectivity index (χ3v) is 3.07. The zero-order valence-corrected chi connectivity index (χ0v) is 10.1. The topological polar surface area (TPSA) is 66.9 Å². The smallest absolute Gasteiger partial charge is 0.282 e. The lowest BCUT2D eigenvalue weighted by Gasteiger charge is -2.01. The van der Waals surface area contributed by atoms with Gasteiger partial charge in [-0.2, -0.15) is 0 Å². The van der Waals surface area contributed by atoms with Gasteiger partial charge in [-0.05, 0) is 5.56 Å². The Bertz CT molecular complexity index is 497. The number of aromatic nitrogens is 2. The number of hydrogen-bond donors (Lipinski definition) is 2. The summed E-state index contributed by atoms with van der Waals surface area (Å²) in [5.74, 6) is -0.201. The third-order valence-electron chi connectivity index (χ3n) is 2.13. The van der Waals surface area contributed by atoms with Crippen LogP contribution in [0.25, 0.3) is 0 Å². The van der Waals surface area contributed by atoms with E-state index in [2.05, 4.69) is 20.8 Å². The highest BCUT2D eigenvalue weighted by molar-refractivity contribution is 7.17. The standard InChI is InChI=1S/C11H12N4OS/c1-12-11-15-14-10(17-11)9(16)13-7-8-5-3-2-4-6-8/h2-6H,7H2,1H3,(H,12,15)(H,13,16). The largest absolute Gasteiger partial charge is 0.363 e. The maximum absolute atomic E-state index is 11.7. The summed E-state index contributed by atoms with van der Waals surface area (Å²) in [4.78, 5) is 11.7. The number of anilines is 1. The van der Waals surface area contributed by atoms with Gasteiger partial charge < -0.3 is 10.6 Å². The Balaban J connectivity index is 1.93. The van der Waals surface area contributed by atoms with Gasteiger partial charge in [0.15, 0.2) is 0 Å². The van der Waals surface area contributed by atoms with Gasteiger partial charge in [0.25, 0.3) is 5.91 Å². The van der Waals surface area contributed by atoms with Gasteiger partial charge >= 0.3 is 0 Å². The van der Waals surface area contributed by atoms with E-state index in [1.54, 1.807) is 7.05 Å². The molecule has 0 saturated carbocycles. The molecule has 0 unspecified atom stereocenters. The van der Waals surface area contributed by atoms with Crippen LogP contribution < -0.4 is 10.6 Å². The first kappa shape index (κ1) is 11.5. The molecule has 6 heteroatoms. The monoisotopic (exact) mass is 248 g/mol. The first-order valence-corrected chi connectivity index (χ1v) is 5.94. The molecule has 1 aromatic heterocycles. The van der Waals surface area contributed by atoms with E-state index in [1.807, 2.05) is 30.3 Å². The van der Waals surface area contributed by atoms with E-state index in [9.17, 15) is 4.79 Å². The van der Waals surface area contributed by atoms with Crippen molar-refractivity contribution in [3.8, 4) is 0 Å². The Morgan fingerprint density at radius 1 is 1.29 bits per heavy atom. The van der Waals surface area contributed by atoms with E-state index in [4.69, 9.17) is 0 Å². The van der Waals surface area contributed by atoms with Gasteiger partial charge in [0.1, 0.15) is 0 Å². The number of benzene rings is 1. The number of amides is 1. The molecule has 0 aliphatic carbocycles. The molecule has 0 aliphatic heterocycles. The Hall–Kier alpha value is -1.95. The van der Waals surface area contributed by atoms with Crippen LogP contribution in [0.4, 0.5) is 5.13 Å². The fourth-order valence-electron chi connectivity index (χ4n) is 1.27.